The number of hydrogen-bond donors (Lipinski definition) is 1. The van der Waals surface area contributed by atoms with Gasteiger partial charge in [-0.3, -0.25) is 19.9 Å². The van der Waals surface area contributed by atoms with Gasteiger partial charge in [0, 0.05) is 42.0 Å². The molecule has 0 radical (unpaired) electrons. The van der Waals surface area contributed by atoms with Crippen LogP contribution in [0.4, 0.5) is 5.69 Å². The lowest BCUT2D eigenvalue weighted by Gasteiger charge is -2.22. The van der Waals surface area contributed by atoms with E-state index in [2.05, 4.69) is 9.97 Å². The van der Waals surface area contributed by atoms with Crippen LogP contribution in [0.1, 0.15) is 21.6 Å². The highest BCUT2D eigenvalue weighted by Crippen LogP contribution is 2.27. The molecule has 0 fully saturated rings. The molecule has 0 unspecified atom stereocenters. The van der Waals surface area contributed by atoms with Gasteiger partial charge >= 0.3 is 0 Å². The number of aromatic amines is 1. The zero-order valence-electron chi connectivity index (χ0n) is 16.1. The third-order valence-corrected chi connectivity index (χ3v) is 5.57. The Morgan fingerprint density at radius 3 is 2.61 bits per heavy atom. The average molecular weight is 455 g/mol. The van der Waals surface area contributed by atoms with Crippen LogP contribution >= 0.6 is 23.2 Å². The Balaban J connectivity index is 1.72. The number of carbonyl (C=O) groups excluding carboxylic acids is 1. The van der Waals surface area contributed by atoms with Gasteiger partial charge in [0.25, 0.3) is 11.6 Å². The lowest BCUT2D eigenvalue weighted by atomic mass is 10.1. The summed E-state index contributed by atoms with van der Waals surface area (Å²) in [5, 5.41) is 12.5. The summed E-state index contributed by atoms with van der Waals surface area (Å²) >= 11 is 12.2. The van der Waals surface area contributed by atoms with E-state index < -0.39 is 4.92 Å². The molecule has 7 nitrogen and oxygen atoms in total. The summed E-state index contributed by atoms with van der Waals surface area (Å²) in [5.41, 5.74) is 2.41. The third-order valence-electron chi connectivity index (χ3n) is 4.83. The number of benzene rings is 2. The minimum absolute atomic E-state index is 0.0816. The third kappa shape index (κ3) is 4.52. The Bertz CT molecular complexity index is 1270. The van der Waals surface area contributed by atoms with E-state index >= 15 is 0 Å². The first kappa shape index (κ1) is 20.8. The van der Waals surface area contributed by atoms with Gasteiger partial charge in [-0.15, -0.1) is 0 Å². The Labute approximate surface area is 187 Å². The van der Waals surface area contributed by atoms with Gasteiger partial charge in [-0.2, -0.15) is 0 Å². The van der Waals surface area contributed by atoms with Gasteiger partial charge in [-0.1, -0.05) is 35.3 Å². The van der Waals surface area contributed by atoms with E-state index in [9.17, 15) is 14.9 Å². The highest BCUT2D eigenvalue weighted by molar-refractivity contribution is 6.42. The van der Waals surface area contributed by atoms with Gasteiger partial charge in [0.05, 0.1) is 32.8 Å². The quantitative estimate of drug-likeness (QED) is 0.302. The SMILES string of the molecule is O=C(c1c[nH]c2ccc([N+](=O)[O-])cc12)N(Cc1ccc(Cl)c(Cl)c1)Cc1ccccn1. The van der Waals surface area contributed by atoms with Gasteiger partial charge in [-0.05, 0) is 35.9 Å². The molecule has 4 rings (SSSR count). The van der Waals surface area contributed by atoms with Crippen molar-refractivity contribution in [2.45, 2.75) is 13.1 Å². The van der Waals surface area contributed by atoms with E-state index in [-0.39, 0.29) is 24.7 Å². The Hall–Kier alpha value is -3.42. The number of rotatable bonds is 6. The predicted molar refractivity (Wildman–Crippen MR) is 119 cm³/mol. The van der Waals surface area contributed by atoms with E-state index in [0.29, 0.717) is 32.2 Å². The van der Waals surface area contributed by atoms with Crippen molar-refractivity contribution < 1.29 is 9.72 Å². The molecule has 156 valence electrons. The number of nitro benzene ring substituents is 1. The Kier molecular flexibility index (Phi) is 5.88. The number of H-pyrrole nitrogens is 1. The number of hydrogen-bond acceptors (Lipinski definition) is 4. The summed E-state index contributed by atoms with van der Waals surface area (Å²) < 4.78 is 0. The molecule has 9 heteroatoms. The highest BCUT2D eigenvalue weighted by Gasteiger charge is 2.22. The Morgan fingerprint density at radius 1 is 1.06 bits per heavy atom. The molecule has 0 aliphatic heterocycles. The maximum Gasteiger partial charge on any atom is 0.270 e. The summed E-state index contributed by atoms with van der Waals surface area (Å²) in [7, 11) is 0. The van der Waals surface area contributed by atoms with Crippen molar-refractivity contribution in [2.75, 3.05) is 0 Å². The number of nitrogens with one attached hydrogen (secondary N) is 1. The minimum Gasteiger partial charge on any atom is -0.360 e. The summed E-state index contributed by atoms with van der Waals surface area (Å²) in [5.74, 6) is -0.288. The zero-order chi connectivity index (χ0) is 22.0. The second-order valence-corrected chi connectivity index (χ2v) is 7.73. The van der Waals surface area contributed by atoms with Crippen molar-refractivity contribution in [3.63, 3.8) is 0 Å². The molecule has 0 atom stereocenters. The minimum atomic E-state index is -0.484. The molecule has 0 bridgehead atoms. The van der Waals surface area contributed by atoms with Crippen LogP contribution in [-0.4, -0.2) is 25.7 Å². The molecule has 2 aromatic heterocycles. The molecule has 0 aliphatic carbocycles. The van der Waals surface area contributed by atoms with Crippen LogP contribution in [0.15, 0.2) is 67.0 Å². The number of fused-ring (bicyclic) bond motifs is 1. The molecule has 1 amide bonds. The largest absolute Gasteiger partial charge is 0.360 e. The van der Waals surface area contributed by atoms with E-state index in [1.807, 2.05) is 12.1 Å². The summed E-state index contributed by atoms with van der Waals surface area (Å²) in [4.78, 5) is 33.2. The van der Waals surface area contributed by atoms with Crippen LogP contribution in [0, 0.1) is 10.1 Å². The molecular formula is C22H16Cl2N4O3. The molecule has 4 aromatic rings. The number of amides is 1. The van der Waals surface area contributed by atoms with Crippen LogP contribution in [0.2, 0.25) is 10.0 Å². The molecule has 0 saturated heterocycles. The number of pyridine rings is 1. The Morgan fingerprint density at radius 2 is 1.90 bits per heavy atom. The number of nitrogens with zero attached hydrogens (tertiary/aromatic N) is 3. The maximum atomic E-state index is 13.5. The maximum absolute atomic E-state index is 13.5. The number of halogens is 2. The summed E-state index contributed by atoms with van der Waals surface area (Å²) in [6.45, 7) is 0.509. The first-order chi connectivity index (χ1) is 14.9. The van der Waals surface area contributed by atoms with Gasteiger partial charge in [-0.25, -0.2) is 0 Å². The number of carbonyl (C=O) groups is 1. The van der Waals surface area contributed by atoms with Crippen molar-refractivity contribution in [1.82, 2.24) is 14.9 Å². The van der Waals surface area contributed by atoms with E-state index in [0.717, 1.165) is 5.56 Å². The monoisotopic (exact) mass is 454 g/mol. The number of non-ortho nitro benzene ring substituents is 1. The second-order valence-electron chi connectivity index (χ2n) is 6.92. The second kappa shape index (κ2) is 8.75. The fourth-order valence-corrected chi connectivity index (χ4v) is 3.64. The average Bonchev–Trinajstić information content (AvgIpc) is 3.19. The van der Waals surface area contributed by atoms with Gasteiger partial charge in [0.15, 0.2) is 0 Å². The van der Waals surface area contributed by atoms with E-state index in [4.69, 9.17) is 23.2 Å². The molecule has 0 spiro atoms. The van der Waals surface area contributed by atoms with Gasteiger partial charge < -0.3 is 9.88 Å². The zero-order valence-corrected chi connectivity index (χ0v) is 17.6. The fourth-order valence-electron chi connectivity index (χ4n) is 3.31. The number of nitro groups is 1. The molecule has 2 aromatic carbocycles. The summed E-state index contributed by atoms with van der Waals surface area (Å²) in [6, 6.07) is 15.0. The number of aromatic nitrogens is 2. The standard InChI is InChI=1S/C22H16Cl2N4O3/c23-19-6-4-14(9-20(19)24)12-27(13-15-3-1-2-8-25-15)22(29)18-11-26-21-7-5-16(28(30)31)10-17(18)21/h1-11,26H,12-13H2. The van der Waals surface area contributed by atoms with Crippen LogP contribution in [-0.2, 0) is 13.1 Å². The van der Waals surface area contributed by atoms with Crippen LogP contribution in [0.5, 0.6) is 0 Å². The summed E-state index contributed by atoms with van der Waals surface area (Å²) in [6.07, 6.45) is 3.23. The first-order valence-corrected chi connectivity index (χ1v) is 10.1. The van der Waals surface area contributed by atoms with Crippen molar-refractivity contribution in [1.29, 1.82) is 0 Å². The van der Waals surface area contributed by atoms with Gasteiger partial charge in [0.1, 0.15) is 0 Å². The van der Waals surface area contributed by atoms with Gasteiger partial charge in [0.2, 0.25) is 0 Å². The smallest absolute Gasteiger partial charge is 0.270 e. The van der Waals surface area contributed by atoms with E-state index in [1.54, 1.807) is 47.6 Å². The topological polar surface area (TPSA) is 92.1 Å². The molecular weight excluding hydrogens is 439 g/mol. The molecule has 0 saturated carbocycles. The highest BCUT2D eigenvalue weighted by atomic mass is 35.5. The molecule has 2 heterocycles. The lowest BCUT2D eigenvalue weighted by molar-refractivity contribution is -0.384. The van der Waals surface area contributed by atoms with Crippen LogP contribution in [0.25, 0.3) is 10.9 Å². The molecule has 1 N–H and O–H groups in total. The normalized spacial score (nSPS) is 10.9. The fraction of sp³-hybridized carbons (Fsp3) is 0.0909. The van der Waals surface area contributed by atoms with Crippen molar-refractivity contribution in [3.05, 3.63) is 104 Å². The van der Waals surface area contributed by atoms with Crippen molar-refractivity contribution in [3.8, 4) is 0 Å². The van der Waals surface area contributed by atoms with Crippen LogP contribution < -0.4 is 0 Å². The molecule has 0 aliphatic rings. The lowest BCUT2D eigenvalue weighted by Crippen LogP contribution is -2.30. The first-order valence-electron chi connectivity index (χ1n) is 9.31. The van der Waals surface area contributed by atoms with Crippen molar-refractivity contribution >= 4 is 45.7 Å². The van der Waals surface area contributed by atoms with E-state index in [1.165, 1.54) is 12.1 Å². The predicted octanol–water partition coefficient (Wildman–Crippen LogP) is 5.62. The van der Waals surface area contributed by atoms with Crippen molar-refractivity contribution in [2.24, 2.45) is 0 Å². The molecule has 31 heavy (non-hydrogen) atoms. The van der Waals surface area contributed by atoms with Crippen LogP contribution in [0.3, 0.4) is 0 Å².